The highest BCUT2D eigenvalue weighted by molar-refractivity contribution is 7.92. The van der Waals surface area contributed by atoms with E-state index in [1.54, 1.807) is 19.2 Å². The van der Waals surface area contributed by atoms with Crippen LogP contribution in [-0.4, -0.2) is 25.7 Å². The highest BCUT2D eigenvalue weighted by Crippen LogP contribution is 2.33. The van der Waals surface area contributed by atoms with E-state index in [0.717, 1.165) is 25.1 Å². The maximum Gasteiger partial charge on any atom is 0.233 e. The Balaban J connectivity index is 1.85. The number of sulfonamides is 1. The summed E-state index contributed by atoms with van der Waals surface area (Å²) in [5.41, 5.74) is 3.52. The van der Waals surface area contributed by atoms with E-state index in [4.69, 9.17) is 0 Å². The Kier molecular flexibility index (Phi) is 4.02. The van der Waals surface area contributed by atoms with Crippen molar-refractivity contribution in [3.63, 3.8) is 0 Å². The second-order valence-corrected chi connectivity index (χ2v) is 7.30. The van der Waals surface area contributed by atoms with Crippen LogP contribution in [0.15, 0.2) is 42.6 Å². The number of benzene rings is 1. The number of fused-ring (bicyclic) bond motifs is 1. The Morgan fingerprint density at radius 3 is 2.77 bits per heavy atom. The van der Waals surface area contributed by atoms with Gasteiger partial charge in [-0.2, -0.15) is 0 Å². The quantitative estimate of drug-likeness (QED) is 0.942. The summed E-state index contributed by atoms with van der Waals surface area (Å²) in [6.07, 6.45) is 3.91. The van der Waals surface area contributed by atoms with Crippen molar-refractivity contribution in [3.05, 3.63) is 48.2 Å². The first-order chi connectivity index (χ1) is 10.6. The summed E-state index contributed by atoms with van der Waals surface area (Å²) in [6.45, 7) is 2.54. The van der Waals surface area contributed by atoms with Crippen LogP contribution in [0.1, 0.15) is 18.9 Å². The number of aromatic nitrogens is 1. The zero-order chi connectivity index (χ0) is 15.6. The van der Waals surface area contributed by atoms with E-state index in [1.165, 1.54) is 11.3 Å². The van der Waals surface area contributed by atoms with Crippen LogP contribution in [0.5, 0.6) is 0 Å². The molecule has 1 aliphatic heterocycles. The lowest BCUT2D eigenvalue weighted by atomic mass is 10.0. The van der Waals surface area contributed by atoms with Crippen molar-refractivity contribution in [2.45, 2.75) is 19.8 Å². The molecule has 0 atom stereocenters. The molecular formula is C16H19N3O2S. The molecule has 0 saturated carbocycles. The first kappa shape index (κ1) is 14.8. The van der Waals surface area contributed by atoms with Crippen molar-refractivity contribution >= 4 is 27.2 Å². The fourth-order valence-corrected chi connectivity index (χ4v) is 3.22. The number of hydrogen-bond donors (Lipinski definition) is 1. The highest BCUT2D eigenvalue weighted by Gasteiger charge is 2.18. The molecule has 3 rings (SSSR count). The lowest BCUT2D eigenvalue weighted by Crippen LogP contribution is -2.24. The van der Waals surface area contributed by atoms with Gasteiger partial charge in [0.1, 0.15) is 5.82 Å². The lowest BCUT2D eigenvalue weighted by molar-refractivity contribution is 0.602. The zero-order valence-electron chi connectivity index (χ0n) is 12.5. The fraction of sp³-hybridized carbons (Fsp3) is 0.312. The summed E-state index contributed by atoms with van der Waals surface area (Å²) in [5.74, 6) is 0.395. The van der Waals surface area contributed by atoms with Crippen molar-refractivity contribution in [1.82, 2.24) is 4.98 Å². The van der Waals surface area contributed by atoms with E-state index >= 15 is 0 Å². The largest absolute Gasteiger partial charge is 0.340 e. The van der Waals surface area contributed by atoms with Gasteiger partial charge in [0, 0.05) is 12.2 Å². The summed E-state index contributed by atoms with van der Waals surface area (Å²) >= 11 is 0. The maximum atomic E-state index is 11.6. The third kappa shape index (κ3) is 3.06. The molecule has 0 amide bonds. The van der Waals surface area contributed by atoms with Crippen LogP contribution in [0, 0.1) is 0 Å². The van der Waals surface area contributed by atoms with Crippen LogP contribution in [0.2, 0.25) is 0 Å². The van der Waals surface area contributed by atoms with Gasteiger partial charge >= 0.3 is 0 Å². The molecule has 5 nitrogen and oxygen atoms in total. The Hall–Kier alpha value is -2.08. The molecule has 2 aromatic rings. The van der Waals surface area contributed by atoms with Crippen molar-refractivity contribution in [1.29, 1.82) is 0 Å². The second kappa shape index (κ2) is 5.96. The number of rotatable bonds is 4. The molecular weight excluding hydrogens is 298 g/mol. The minimum Gasteiger partial charge on any atom is -0.340 e. The van der Waals surface area contributed by atoms with Gasteiger partial charge in [-0.15, -0.1) is 0 Å². The summed E-state index contributed by atoms with van der Waals surface area (Å²) in [4.78, 5) is 6.45. The minimum atomic E-state index is -3.29. The topological polar surface area (TPSA) is 62.3 Å². The van der Waals surface area contributed by atoms with Crippen molar-refractivity contribution in [2.75, 3.05) is 21.9 Å². The Morgan fingerprint density at radius 2 is 2.05 bits per heavy atom. The van der Waals surface area contributed by atoms with E-state index < -0.39 is 10.0 Å². The van der Waals surface area contributed by atoms with Gasteiger partial charge in [0.05, 0.1) is 17.6 Å². The summed E-state index contributed by atoms with van der Waals surface area (Å²) in [7, 11) is -3.29. The van der Waals surface area contributed by atoms with Gasteiger partial charge in [-0.05, 0) is 43.5 Å². The highest BCUT2D eigenvalue weighted by atomic mass is 32.2. The molecule has 0 unspecified atom stereocenters. The minimum absolute atomic E-state index is 0.0376. The van der Waals surface area contributed by atoms with Gasteiger partial charge < -0.3 is 4.90 Å². The van der Waals surface area contributed by atoms with Crippen LogP contribution in [0.25, 0.3) is 0 Å². The Labute approximate surface area is 131 Å². The molecule has 1 aliphatic rings. The van der Waals surface area contributed by atoms with Crippen LogP contribution in [0.4, 0.5) is 17.2 Å². The predicted molar refractivity (Wildman–Crippen MR) is 89.1 cm³/mol. The number of hydrogen-bond acceptors (Lipinski definition) is 4. The van der Waals surface area contributed by atoms with Gasteiger partial charge in [-0.25, -0.2) is 13.4 Å². The fourth-order valence-electron chi connectivity index (χ4n) is 2.64. The summed E-state index contributed by atoms with van der Waals surface area (Å²) in [6, 6.07) is 12.0. The molecule has 0 fully saturated rings. The first-order valence-electron chi connectivity index (χ1n) is 7.41. The van der Waals surface area contributed by atoms with Crippen molar-refractivity contribution in [3.8, 4) is 0 Å². The van der Waals surface area contributed by atoms with E-state index in [0.29, 0.717) is 5.82 Å². The molecule has 1 N–H and O–H groups in total. The molecule has 0 aliphatic carbocycles. The molecule has 0 spiro atoms. The SMILES string of the molecule is CCS(=O)(=O)Nc1ccc(N2CCCc3ccccc32)cn1. The number of nitrogens with one attached hydrogen (secondary N) is 1. The average molecular weight is 317 g/mol. The normalized spacial score (nSPS) is 14.5. The lowest BCUT2D eigenvalue weighted by Gasteiger charge is -2.31. The number of para-hydroxylation sites is 1. The summed E-state index contributed by atoms with van der Waals surface area (Å²) in [5, 5.41) is 0. The third-order valence-electron chi connectivity index (χ3n) is 3.81. The zero-order valence-corrected chi connectivity index (χ0v) is 13.3. The standard InChI is InChI=1S/C16H19N3O2S/c1-2-22(20,21)18-16-10-9-14(12-17-16)19-11-5-7-13-6-3-4-8-15(13)19/h3-4,6,8-10,12H,2,5,7,11H2,1H3,(H,17,18). The molecule has 0 bridgehead atoms. The van der Waals surface area contributed by atoms with E-state index in [2.05, 4.69) is 32.8 Å². The smallest absolute Gasteiger partial charge is 0.233 e. The molecule has 1 aromatic carbocycles. The molecule has 2 heterocycles. The molecule has 116 valence electrons. The van der Waals surface area contributed by atoms with Crippen molar-refractivity contribution < 1.29 is 8.42 Å². The van der Waals surface area contributed by atoms with Gasteiger partial charge in [0.2, 0.25) is 10.0 Å². The first-order valence-corrected chi connectivity index (χ1v) is 9.06. The van der Waals surface area contributed by atoms with Gasteiger partial charge in [-0.1, -0.05) is 18.2 Å². The predicted octanol–water partition coefficient (Wildman–Crippen LogP) is 2.93. The van der Waals surface area contributed by atoms with Crippen LogP contribution in [0.3, 0.4) is 0 Å². The average Bonchev–Trinajstić information content (AvgIpc) is 2.55. The molecule has 22 heavy (non-hydrogen) atoms. The molecule has 0 saturated heterocycles. The monoisotopic (exact) mass is 317 g/mol. The van der Waals surface area contributed by atoms with Crippen LogP contribution in [-0.2, 0) is 16.4 Å². The molecule has 0 radical (unpaired) electrons. The Bertz CT molecular complexity index is 757. The van der Waals surface area contributed by atoms with Crippen LogP contribution >= 0.6 is 0 Å². The van der Waals surface area contributed by atoms with E-state index in [-0.39, 0.29) is 5.75 Å². The third-order valence-corrected chi connectivity index (χ3v) is 5.09. The molecule has 1 aromatic heterocycles. The van der Waals surface area contributed by atoms with Crippen molar-refractivity contribution in [2.24, 2.45) is 0 Å². The number of nitrogens with zero attached hydrogens (tertiary/aromatic N) is 2. The van der Waals surface area contributed by atoms with Gasteiger partial charge in [0.15, 0.2) is 0 Å². The molecule has 6 heteroatoms. The van der Waals surface area contributed by atoms with Gasteiger partial charge in [-0.3, -0.25) is 4.72 Å². The van der Waals surface area contributed by atoms with E-state index in [9.17, 15) is 8.42 Å². The van der Waals surface area contributed by atoms with Gasteiger partial charge in [0.25, 0.3) is 0 Å². The second-order valence-electron chi connectivity index (χ2n) is 5.29. The maximum absolute atomic E-state index is 11.6. The summed E-state index contributed by atoms with van der Waals surface area (Å²) < 4.78 is 25.6. The number of pyridine rings is 1. The Morgan fingerprint density at radius 1 is 1.23 bits per heavy atom. The van der Waals surface area contributed by atoms with Crippen LogP contribution < -0.4 is 9.62 Å². The van der Waals surface area contributed by atoms with E-state index in [1.807, 2.05) is 12.1 Å². The number of anilines is 3. The number of aryl methyl sites for hydroxylation is 1.